The van der Waals surface area contributed by atoms with Crippen molar-refractivity contribution >= 4 is 142 Å². The summed E-state index contributed by atoms with van der Waals surface area (Å²) in [7, 11) is 3.43. The number of aliphatic hydroxyl groups is 2. The molecule has 1 aliphatic rings. The van der Waals surface area contributed by atoms with E-state index in [1.165, 1.54) is 29.6 Å². The Morgan fingerprint density at radius 2 is 1.27 bits per heavy atom. The first-order chi connectivity index (χ1) is 50.3. The average Bonchev–Trinajstić information content (AvgIpc) is 1.64. The number of rotatable bonds is 22. The van der Waals surface area contributed by atoms with Crippen molar-refractivity contribution in [2.24, 2.45) is 0 Å². The van der Waals surface area contributed by atoms with Crippen molar-refractivity contribution in [1.82, 2.24) is 83.4 Å². The van der Waals surface area contributed by atoms with Crippen LogP contribution in [0.3, 0.4) is 0 Å². The van der Waals surface area contributed by atoms with Crippen LogP contribution in [-0.4, -0.2) is 126 Å². The van der Waals surface area contributed by atoms with Crippen LogP contribution in [0.2, 0.25) is 21.1 Å². The van der Waals surface area contributed by atoms with E-state index in [1.54, 1.807) is 87.6 Å². The number of anilines is 4. The number of aromatic amines is 2. The van der Waals surface area contributed by atoms with E-state index in [9.17, 15) is 9.90 Å². The lowest BCUT2D eigenvalue weighted by Gasteiger charge is -2.18. The molecule has 104 heavy (non-hydrogen) atoms. The Labute approximate surface area is 617 Å². The highest BCUT2D eigenvalue weighted by atomic mass is 35.5. The van der Waals surface area contributed by atoms with E-state index in [0.29, 0.717) is 79.3 Å². The maximum absolute atomic E-state index is 11.9. The molecule has 0 radical (unpaired) electrons. The fraction of sp³-hybridized carbons (Fsp3) is 0.271. The first-order valence-electron chi connectivity index (χ1n) is 32.7. The fourth-order valence-electron chi connectivity index (χ4n) is 11.0. The number of nitrogens with one attached hydrogen (secondary N) is 6. The number of thiazole rings is 1. The number of H-pyrrole nitrogens is 2. The van der Waals surface area contributed by atoms with Crippen LogP contribution in [0.25, 0.3) is 55.3 Å². The van der Waals surface area contributed by atoms with Crippen LogP contribution in [0, 0.1) is 18.3 Å². The van der Waals surface area contributed by atoms with E-state index in [0.717, 1.165) is 102 Å². The van der Waals surface area contributed by atoms with Crippen molar-refractivity contribution in [2.45, 2.75) is 104 Å². The van der Waals surface area contributed by atoms with Gasteiger partial charge in [-0.1, -0.05) is 0 Å². The molecule has 1 amide bonds. The highest BCUT2D eigenvalue weighted by Gasteiger charge is 2.27. The summed E-state index contributed by atoms with van der Waals surface area (Å²) in [6, 6.07) is 25.0. The molecule has 29 nitrogen and oxygen atoms in total. The second kappa shape index (κ2) is 33.5. The number of aliphatic hydroxyl groups excluding tert-OH is 1. The number of hydrogen-bond acceptors (Lipinski definition) is 24. The third-order valence-electron chi connectivity index (χ3n) is 16.1. The lowest BCUT2D eigenvalue weighted by Crippen LogP contribution is -2.26. The molecule has 1 saturated carbocycles. The van der Waals surface area contributed by atoms with Crippen molar-refractivity contribution in [3.8, 4) is 6.07 Å². The summed E-state index contributed by atoms with van der Waals surface area (Å²) in [5, 5.41) is 48.4. The Kier molecular flexibility index (Phi) is 23.5. The number of aryl methyl sites for hydroxylation is 3. The summed E-state index contributed by atoms with van der Waals surface area (Å²) in [4.78, 5) is 66.3. The maximum Gasteiger partial charge on any atom is 0.242 e. The van der Waals surface area contributed by atoms with Crippen LogP contribution in [0.15, 0.2) is 152 Å². The molecule has 1 fully saturated rings. The molecule has 0 saturated heterocycles. The zero-order valence-electron chi connectivity index (χ0n) is 56.8. The number of furan rings is 4. The number of carbonyl (C=O) groups is 1. The van der Waals surface area contributed by atoms with Crippen LogP contribution in [0.5, 0.6) is 0 Å². The van der Waals surface area contributed by atoms with Crippen molar-refractivity contribution in [3.63, 3.8) is 0 Å². The molecule has 0 aliphatic heterocycles. The molecule has 536 valence electrons. The number of hydrogen-bond donors (Lipinski definition) is 8. The molecule has 34 heteroatoms. The first-order valence-corrected chi connectivity index (χ1v) is 35.0. The zero-order chi connectivity index (χ0) is 72.9. The lowest BCUT2D eigenvalue weighted by atomic mass is 10.1. The number of aromatic nitrogens is 16. The van der Waals surface area contributed by atoms with Crippen LogP contribution < -0.4 is 21.3 Å². The predicted molar refractivity (Wildman–Crippen MR) is 398 cm³/mol. The molecule has 0 bridgehead atoms. The lowest BCUT2D eigenvalue weighted by molar-refractivity contribution is -0.129. The first kappa shape index (κ1) is 72.9. The molecule has 0 unspecified atom stereocenters. The number of halogens is 4. The van der Waals surface area contributed by atoms with Crippen LogP contribution in [-0.2, 0) is 63.4 Å². The summed E-state index contributed by atoms with van der Waals surface area (Å²) in [6.07, 6.45) is 19.1. The number of nitriles is 1. The van der Waals surface area contributed by atoms with Crippen molar-refractivity contribution in [1.29, 1.82) is 5.26 Å². The second-order valence-electron chi connectivity index (χ2n) is 24.5. The Morgan fingerprint density at radius 3 is 1.85 bits per heavy atom. The molecule has 1 aliphatic carbocycles. The van der Waals surface area contributed by atoms with Gasteiger partial charge < -0.3 is 77.7 Å². The number of imidazole rings is 1. The number of pyridine rings is 1. The van der Waals surface area contributed by atoms with Gasteiger partial charge in [0.2, 0.25) is 27.0 Å². The highest BCUT2D eigenvalue weighted by molar-refractivity contribution is 7.09. The summed E-state index contributed by atoms with van der Waals surface area (Å²) in [6.45, 7) is 8.78. The van der Waals surface area contributed by atoms with Crippen LogP contribution >= 0.6 is 57.7 Å². The van der Waals surface area contributed by atoms with Crippen molar-refractivity contribution in [3.05, 3.63) is 206 Å². The van der Waals surface area contributed by atoms with E-state index in [2.05, 4.69) is 98.2 Å². The largest absolute Gasteiger partial charge is 0.469 e. The minimum atomic E-state index is -0.822. The molecular formula is C70H70Cl4N22O7S. The molecule has 0 atom stereocenters. The van der Waals surface area contributed by atoms with Gasteiger partial charge in [-0.05, 0) is 165 Å². The Hall–Kier alpha value is -10.9. The standard InChI is InChI=1S/C16H18ClN3O2.C15H16ClN5O2.C14H15ClN4O2.C14H13ClN4O.C11H8N6S/c1-16(2,21)10-20-8-7-12-13(18-15(17)19-14(12)20)6-5-11-4-3-9-22-11;1-20(2)12(22)9-21-6-5-11-13(18-15(16)19-14(11)21)17-8-10-4-3-7-23-10;1-9-7-11-12(16-8-10-3-2-6-21-10)17-14(15)18-13(11)19(9)4-5-20;15-14-18-12(16-7-9-2-1-5-20-9)10-6-11(8-3-4-8)17-13(10)19-14;12-3-7-4-15-11-10(16-6-17-11)9(7)14-5-8-13-1-2-18-8/h3-4,7-9,21H,5-6,10H2,1-2H3;3-7H,8-9H2,1-2H3,(H,17,18,19);2-3,6-7,20H,4-5,8H2,1H3,(H,16,17,18);1-2,5-6,8H,3-4,7H2,(H2,16,17,18,19);1-2,4,6H,5H2,(H2,14,15,16,17). The third kappa shape index (κ3) is 18.7. The number of nitrogens with zero attached hydrogens (tertiary/aromatic N) is 16. The zero-order valence-corrected chi connectivity index (χ0v) is 60.6. The normalized spacial score (nSPS) is 11.9. The number of likely N-dealkylation sites (N-methyl/N-ethyl adjacent to an activating group) is 1. The summed E-state index contributed by atoms with van der Waals surface area (Å²) in [5.41, 5.74) is 7.68. The molecule has 0 aromatic carbocycles. The van der Waals surface area contributed by atoms with Gasteiger partial charge in [-0.15, -0.1) is 11.3 Å². The fourth-order valence-corrected chi connectivity index (χ4v) is 12.3. The molecule has 15 aromatic rings. The van der Waals surface area contributed by atoms with E-state index >= 15 is 0 Å². The highest BCUT2D eigenvalue weighted by Crippen LogP contribution is 2.41. The Balaban J connectivity index is 0.000000123. The third-order valence-corrected chi connectivity index (χ3v) is 17.5. The molecule has 15 heterocycles. The molecule has 8 N–H and O–H groups in total. The van der Waals surface area contributed by atoms with Gasteiger partial charge in [-0.25, -0.2) is 34.9 Å². The minimum absolute atomic E-state index is 0.0256. The molecule has 16 rings (SSSR count). The summed E-state index contributed by atoms with van der Waals surface area (Å²) < 4.78 is 26.8. The van der Waals surface area contributed by atoms with Gasteiger partial charge in [0.05, 0.1) is 109 Å². The smallest absolute Gasteiger partial charge is 0.242 e. The quantitative estimate of drug-likeness (QED) is 0.0292. The van der Waals surface area contributed by atoms with E-state index in [-0.39, 0.29) is 40.2 Å². The van der Waals surface area contributed by atoms with Gasteiger partial charge in [0, 0.05) is 74.0 Å². The molecular weight excluding hydrogens is 1430 g/mol. The van der Waals surface area contributed by atoms with Crippen LogP contribution in [0.1, 0.15) is 83.3 Å². The second-order valence-corrected chi connectivity index (χ2v) is 26.8. The van der Waals surface area contributed by atoms with E-state index < -0.39 is 5.60 Å². The van der Waals surface area contributed by atoms with Crippen molar-refractivity contribution < 1.29 is 32.7 Å². The van der Waals surface area contributed by atoms with Gasteiger partial charge in [0.15, 0.2) is 5.65 Å². The Bertz CT molecular complexity index is 5350. The summed E-state index contributed by atoms with van der Waals surface area (Å²) in [5.74, 6) is 5.97. The number of fused-ring (bicyclic) bond motifs is 5. The van der Waals surface area contributed by atoms with Gasteiger partial charge in [0.1, 0.15) is 86.2 Å². The minimum Gasteiger partial charge on any atom is -0.469 e. The Morgan fingerprint density at radius 1 is 0.692 bits per heavy atom. The summed E-state index contributed by atoms with van der Waals surface area (Å²) >= 11 is 25.6. The molecule has 0 spiro atoms. The van der Waals surface area contributed by atoms with Gasteiger partial charge in [-0.3, -0.25) is 4.79 Å². The van der Waals surface area contributed by atoms with Gasteiger partial charge >= 0.3 is 0 Å². The van der Waals surface area contributed by atoms with E-state index in [4.69, 9.17) is 74.4 Å². The van der Waals surface area contributed by atoms with Crippen molar-refractivity contribution in [2.75, 3.05) is 42.0 Å². The number of carbonyl (C=O) groups excluding carboxylic acids is 1. The monoisotopic (exact) mass is 1500 g/mol. The maximum atomic E-state index is 11.9. The topological polar surface area (TPSA) is 373 Å². The molecule has 15 aromatic heterocycles. The SMILES string of the molecule is CC(C)(O)Cn1ccc2c(CCc3ccco3)nc(Cl)nc21.CN(C)C(=O)Cn1ccc2c(NCc3ccco3)nc(Cl)nc21.Cc1cc2c(NCc3ccco3)nc(Cl)nc2n1CCO.Clc1nc(NCc2ccco2)c2cc(C3CC3)[nH]c2n1.N#Cc1cnc2nc[nH]c2c1NCc1nccs1. The number of amides is 1. The predicted octanol–water partition coefficient (Wildman–Crippen LogP) is 13.8. The average molecular weight is 1510 g/mol. The van der Waals surface area contributed by atoms with Gasteiger partial charge in [0.25, 0.3) is 0 Å². The van der Waals surface area contributed by atoms with Gasteiger partial charge in [-0.2, -0.15) is 25.2 Å². The van der Waals surface area contributed by atoms with Crippen LogP contribution in [0.4, 0.5) is 23.1 Å². The van der Waals surface area contributed by atoms with E-state index in [1.807, 2.05) is 94.4 Å².